The number of fused-ring (bicyclic) bond motifs is 1. The van der Waals surface area contributed by atoms with Crippen LogP contribution in [0.2, 0.25) is 0 Å². The largest absolute Gasteiger partial charge is 0.382 e. The molecule has 0 saturated heterocycles. The summed E-state index contributed by atoms with van der Waals surface area (Å²) in [6.07, 6.45) is 6.84. The van der Waals surface area contributed by atoms with Crippen LogP contribution in [0.25, 0.3) is 28.1 Å². The van der Waals surface area contributed by atoms with Crippen LogP contribution >= 0.6 is 11.3 Å². The summed E-state index contributed by atoms with van der Waals surface area (Å²) in [5, 5.41) is 5.02. The molecule has 0 aliphatic carbocycles. The minimum absolute atomic E-state index is 0.190. The summed E-state index contributed by atoms with van der Waals surface area (Å²) >= 11 is 1.15. The van der Waals surface area contributed by atoms with E-state index in [-0.39, 0.29) is 16.3 Å². The van der Waals surface area contributed by atoms with Gasteiger partial charge in [-0.3, -0.25) is 4.79 Å². The Morgan fingerprint density at radius 2 is 1.95 bits per heavy atom. The molecule has 2 aromatic carbocycles. The Bertz CT molecular complexity index is 1930. The van der Waals surface area contributed by atoms with Gasteiger partial charge in [0.15, 0.2) is 0 Å². The van der Waals surface area contributed by atoms with E-state index in [9.17, 15) is 13.2 Å². The summed E-state index contributed by atoms with van der Waals surface area (Å²) in [7, 11) is -3.75. The highest BCUT2D eigenvalue weighted by Crippen LogP contribution is 2.28. The summed E-state index contributed by atoms with van der Waals surface area (Å²) in [6, 6.07) is 17.7. The second-order valence-corrected chi connectivity index (χ2v) is 12.1. The lowest BCUT2D eigenvalue weighted by Crippen LogP contribution is -2.33. The van der Waals surface area contributed by atoms with Gasteiger partial charge in [-0.2, -0.15) is 0 Å². The number of benzene rings is 2. The van der Waals surface area contributed by atoms with Crippen molar-refractivity contribution in [2.45, 2.75) is 17.2 Å². The number of anilines is 1. The molecule has 1 atom stereocenters. The summed E-state index contributed by atoms with van der Waals surface area (Å²) in [4.78, 5) is 28.0. The second-order valence-electron chi connectivity index (χ2n) is 9.21. The Labute approximate surface area is 233 Å². The summed E-state index contributed by atoms with van der Waals surface area (Å²) < 4.78 is 31.1. The third-order valence-electron chi connectivity index (χ3n) is 6.52. The fourth-order valence-corrected chi connectivity index (χ4v) is 6.83. The van der Waals surface area contributed by atoms with Gasteiger partial charge in [0, 0.05) is 30.8 Å². The Hall–Kier alpha value is -4.52. The van der Waals surface area contributed by atoms with Gasteiger partial charge in [-0.15, -0.1) is 11.3 Å². The number of nitrogens with one attached hydrogen (secondary N) is 4. The first-order valence-corrected chi connectivity index (χ1v) is 14.8. The van der Waals surface area contributed by atoms with Gasteiger partial charge in [-0.25, -0.2) is 23.1 Å². The molecule has 0 amide bonds. The number of thiophene rings is 1. The van der Waals surface area contributed by atoms with E-state index in [2.05, 4.69) is 25.0 Å². The molecule has 0 fully saturated rings. The molecule has 0 bridgehead atoms. The van der Waals surface area contributed by atoms with Gasteiger partial charge in [0.05, 0.1) is 29.1 Å². The lowest BCUT2D eigenvalue weighted by molar-refractivity contribution is 0.564. The maximum atomic E-state index is 13.1. The molecule has 6 aromatic rings. The topological polar surface area (TPSA) is 138 Å². The average Bonchev–Trinajstić information content (AvgIpc) is 3.73. The second kappa shape index (κ2) is 10.6. The summed E-state index contributed by atoms with van der Waals surface area (Å²) in [5.41, 5.74) is 4.69. The molecule has 202 valence electrons. The summed E-state index contributed by atoms with van der Waals surface area (Å²) in [5.74, 6) is 0.403. The van der Waals surface area contributed by atoms with E-state index in [0.717, 1.165) is 39.2 Å². The van der Waals surface area contributed by atoms with E-state index in [0.29, 0.717) is 17.1 Å². The van der Waals surface area contributed by atoms with Crippen molar-refractivity contribution in [2.75, 3.05) is 11.9 Å². The number of hydrogen-bond acceptors (Lipinski definition) is 7. The van der Waals surface area contributed by atoms with Gasteiger partial charge in [0.25, 0.3) is 15.6 Å². The quantitative estimate of drug-likeness (QED) is 0.200. The van der Waals surface area contributed by atoms with Gasteiger partial charge in [0.2, 0.25) is 0 Å². The number of aryl methyl sites for hydroxylation is 1. The van der Waals surface area contributed by atoms with Crippen LogP contribution in [0.15, 0.2) is 100.0 Å². The Kier molecular flexibility index (Phi) is 6.80. The number of imidazole rings is 2. The molecule has 0 radical (unpaired) electrons. The zero-order chi connectivity index (χ0) is 27.7. The van der Waals surface area contributed by atoms with Crippen molar-refractivity contribution >= 4 is 38.1 Å². The average molecular weight is 572 g/mol. The van der Waals surface area contributed by atoms with Crippen LogP contribution < -0.4 is 15.6 Å². The van der Waals surface area contributed by atoms with Gasteiger partial charge >= 0.3 is 0 Å². The molecule has 4 heterocycles. The number of pyridine rings is 1. The first kappa shape index (κ1) is 25.7. The number of aromatic amines is 2. The van der Waals surface area contributed by atoms with Crippen molar-refractivity contribution in [1.82, 2.24) is 29.2 Å². The van der Waals surface area contributed by atoms with Crippen molar-refractivity contribution in [1.29, 1.82) is 0 Å². The number of aromatic nitrogens is 5. The van der Waals surface area contributed by atoms with E-state index < -0.39 is 16.1 Å². The Balaban J connectivity index is 1.34. The van der Waals surface area contributed by atoms with E-state index in [4.69, 9.17) is 4.98 Å². The van der Waals surface area contributed by atoms with Crippen molar-refractivity contribution in [2.24, 2.45) is 0 Å². The van der Waals surface area contributed by atoms with Crippen LogP contribution in [0.1, 0.15) is 17.2 Å². The number of hydrogen-bond donors (Lipinski definition) is 4. The molecule has 0 saturated carbocycles. The van der Waals surface area contributed by atoms with Crippen LogP contribution in [0.5, 0.6) is 0 Å². The molecule has 12 heteroatoms. The molecular weight excluding hydrogens is 546 g/mol. The molecule has 40 heavy (non-hydrogen) atoms. The van der Waals surface area contributed by atoms with Gasteiger partial charge in [0.1, 0.15) is 15.6 Å². The smallest absolute Gasteiger partial charge is 0.261 e. The van der Waals surface area contributed by atoms with Gasteiger partial charge in [-0.1, -0.05) is 36.4 Å². The van der Waals surface area contributed by atoms with Crippen molar-refractivity contribution in [3.63, 3.8) is 0 Å². The third-order valence-corrected chi connectivity index (χ3v) is 9.39. The first-order chi connectivity index (χ1) is 19.4. The SMILES string of the molecule is Cc1cc(-n2ccnc2)cc2[nH]c(-c3c(NCC(NS(=O)(=O)c4cccs4)c4ccccc4)cc[nH]c3=O)nc12. The van der Waals surface area contributed by atoms with E-state index in [1.807, 2.05) is 60.2 Å². The van der Waals surface area contributed by atoms with Gasteiger partial charge in [-0.05, 0) is 47.7 Å². The Morgan fingerprint density at radius 1 is 1.10 bits per heavy atom. The highest BCUT2D eigenvalue weighted by Gasteiger charge is 2.23. The van der Waals surface area contributed by atoms with Crippen LogP contribution in [0.4, 0.5) is 5.69 Å². The highest BCUT2D eigenvalue weighted by atomic mass is 32.2. The molecule has 4 N–H and O–H groups in total. The minimum Gasteiger partial charge on any atom is -0.382 e. The predicted octanol–water partition coefficient (Wildman–Crippen LogP) is 4.61. The number of nitrogens with zero attached hydrogens (tertiary/aromatic N) is 3. The number of H-pyrrole nitrogens is 2. The van der Waals surface area contributed by atoms with Crippen LogP contribution in [0.3, 0.4) is 0 Å². The van der Waals surface area contributed by atoms with Crippen LogP contribution in [-0.2, 0) is 10.0 Å². The fourth-order valence-electron chi connectivity index (χ4n) is 4.60. The molecule has 0 spiro atoms. The minimum atomic E-state index is -3.75. The van der Waals surface area contributed by atoms with E-state index in [1.165, 1.54) is 0 Å². The lowest BCUT2D eigenvalue weighted by atomic mass is 10.1. The summed E-state index contributed by atoms with van der Waals surface area (Å²) in [6.45, 7) is 2.15. The van der Waals surface area contributed by atoms with E-state index in [1.54, 1.807) is 42.3 Å². The van der Waals surface area contributed by atoms with Crippen LogP contribution in [0, 0.1) is 6.92 Å². The van der Waals surface area contributed by atoms with Crippen molar-refractivity contribution in [3.05, 3.63) is 112 Å². The molecule has 4 aromatic heterocycles. The third kappa shape index (κ3) is 5.07. The maximum Gasteiger partial charge on any atom is 0.261 e. The zero-order valence-corrected chi connectivity index (χ0v) is 23.0. The molecule has 0 aliphatic rings. The zero-order valence-electron chi connectivity index (χ0n) is 21.3. The highest BCUT2D eigenvalue weighted by molar-refractivity contribution is 7.91. The van der Waals surface area contributed by atoms with Gasteiger partial charge < -0.3 is 19.9 Å². The van der Waals surface area contributed by atoms with E-state index >= 15 is 0 Å². The van der Waals surface area contributed by atoms with Crippen LogP contribution in [-0.4, -0.2) is 39.5 Å². The molecule has 0 aliphatic heterocycles. The number of rotatable bonds is 9. The number of sulfonamides is 1. The maximum absolute atomic E-state index is 13.1. The molecule has 1 unspecified atom stereocenters. The standard InChI is InChI=1S/C28H25N7O3S2/c1-18-14-20(35-12-11-29-17-35)15-22-26(18)33-27(32-22)25-21(9-10-30-28(25)36)31-16-23(19-6-3-2-4-7-19)34-40(37,38)24-8-5-13-39-24/h2-15,17,23,34H,16H2,1H3,(H,32,33)(H2,30,31,36). The monoisotopic (exact) mass is 571 g/mol. The fraction of sp³-hybridized carbons (Fsp3) is 0.107. The first-order valence-electron chi connectivity index (χ1n) is 12.4. The molecule has 10 nitrogen and oxygen atoms in total. The Morgan fingerprint density at radius 3 is 2.70 bits per heavy atom. The normalized spacial score (nSPS) is 12.5. The molecule has 6 rings (SSSR count). The van der Waals surface area contributed by atoms with Crippen molar-refractivity contribution < 1.29 is 8.42 Å². The van der Waals surface area contributed by atoms with Crippen molar-refractivity contribution in [3.8, 4) is 17.1 Å². The lowest BCUT2D eigenvalue weighted by Gasteiger charge is -2.20. The molecular formula is C28H25N7O3S2. The predicted molar refractivity (Wildman–Crippen MR) is 156 cm³/mol.